The van der Waals surface area contributed by atoms with Crippen molar-refractivity contribution in [1.29, 1.82) is 0 Å². The lowest BCUT2D eigenvalue weighted by Gasteiger charge is -2.15. The molecule has 0 radical (unpaired) electrons. The number of rotatable bonds is 7. The Labute approximate surface area is 99.5 Å². The summed E-state index contributed by atoms with van der Waals surface area (Å²) in [5.74, 6) is 0. The number of likely N-dealkylation sites (N-methyl/N-ethyl adjacent to an activating group) is 1. The first-order valence-corrected chi connectivity index (χ1v) is 6.38. The molecule has 2 heteroatoms. The maximum Gasteiger partial charge on any atom is 0.0405 e. The van der Waals surface area contributed by atoms with Gasteiger partial charge in [-0.05, 0) is 30.5 Å². The predicted molar refractivity (Wildman–Crippen MR) is 72.2 cm³/mol. The van der Waals surface area contributed by atoms with E-state index in [1.54, 1.807) is 0 Å². The third-order valence-corrected chi connectivity index (χ3v) is 2.85. The summed E-state index contributed by atoms with van der Waals surface area (Å²) < 4.78 is 0. The smallest absolute Gasteiger partial charge is 0.0405 e. The zero-order chi connectivity index (χ0) is 11.8. The first-order chi connectivity index (χ1) is 7.83. The molecule has 0 unspecified atom stereocenters. The molecule has 1 aromatic rings. The monoisotopic (exact) mass is 220 g/mol. The Hall–Kier alpha value is -1.02. The zero-order valence-corrected chi connectivity index (χ0v) is 10.8. The van der Waals surface area contributed by atoms with E-state index in [1.165, 1.54) is 16.8 Å². The predicted octanol–water partition coefficient (Wildman–Crippen LogP) is 2.83. The zero-order valence-electron chi connectivity index (χ0n) is 10.8. The molecule has 0 aliphatic carbocycles. The van der Waals surface area contributed by atoms with Crippen LogP contribution in [0.15, 0.2) is 18.2 Å². The van der Waals surface area contributed by atoms with Gasteiger partial charge in [0.05, 0.1) is 0 Å². The molecular weight excluding hydrogens is 196 g/mol. The molecule has 0 atom stereocenters. The van der Waals surface area contributed by atoms with Crippen molar-refractivity contribution in [1.82, 2.24) is 5.32 Å². The maximum atomic E-state index is 3.56. The Morgan fingerprint density at radius 2 is 1.56 bits per heavy atom. The molecule has 1 rings (SSSR count). The van der Waals surface area contributed by atoms with Crippen molar-refractivity contribution in [3.05, 3.63) is 29.3 Å². The van der Waals surface area contributed by atoms with Crippen LogP contribution in [-0.4, -0.2) is 19.6 Å². The lowest BCUT2D eigenvalue weighted by molar-refractivity contribution is 0.738. The number of anilines is 1. The number of benzene rings is 1. The van der Waals surface area contributed by atoms with Crippen molar-refractivity contribution in [3.63, 3.8) is 0 Å². The average Bonchev–Trinajstić information content (AvgIpc) is 2.34. The van der Waals surface area contributed by atoms with Gasteiger partial charge in [0.25, 0.3) is 0 Å². The van der Waals surface area contributed by atoms with Gasteiger partial charge in [0, 0.05) is 18.8 Å². The minimum Gasteiger partial charge on any atom is -0.383 e. The standard InChI is InChI=1S/C14H24N2/c1-4-12-8-7-9-13(5-2)14(12)16-11-10-15-6-3/h7-9,15-16H,4-6,10-11H2,1-3H3. The van der Waals surface area contributed by atoms with Gasteiger partial charge in [-0.3, -0.25) is 0 Å². The molecule has 0 aromatic heterocycles. The minimum atomic E-state index is 0.998. The van der Waals surface area contributed by atoms with Crippen molar-refractivity contribution in [2.75, 3.05) is 25.0 Å². The van der Waals surface area contributed by atoms with Crippen molar-refractivity contribution in [3.8, 4) is 0 Å². The van der Waals surface area contributed by atoms with E-state index < -0.39 is 0 Å². The van der Waals surface area contributed by atoms with E-state index in [0.717, 1.165) is 32.5 Å². The molecule has 0 fully saturated rings. The lowest BCUT2D eigenvalue weighted by atomic mass is 10.0. The average molecular weight is 220 g/mol. The van der Waals surface area contributed by atoms with Crippen molar-refractivity contribution >= 4 is 5.69 Å². The van der Waals surface area contributed by atoms with Crippen LogP contribution in [0.1, 0.15) is 31.9 Å². The molecule has 16 heavy (non-hydrogen) atoms. The second-order valence-corrected chi connectivity index (χ2v) is 3.94. The Morgan fingerprint density at radius 1 is 0.938 bits per heavy atom. The van der Waals surface area contributed by atoms with Gasteiger partial charge in [-0.25, -0.2) is 0 Å². The van der Waals surface area contributed by atoms with Crippen LogP contribution in [0.25, 0.3) is 0 Å². The van der Waals surface area contributed by atoms with Gasteiger partial charge in [-0.2, -0.15) is 0 Å². The van der Waals surface area contributed by atoms with Gasteiger partial charge in [0.2, 0.25) is 0 Å². The van der Waals surface area contributed by atoms with E-state index in [-0.39, 0.29) is 0 Å². The normalized spacial score (nSPS) is 10.4. The summed E-state index contributed by atoms with van der Waals surface area (Å²) in [6.45, 7) is 9.62. The second kappa shape index (κ2) is 7.29. The molecule has 0 aliphatic rings. The van der Waals surface area contributed by atoms with E-state index in [4.69, 9.17) is 0 Å². The van der Waals surface area contributed by atoms with Gasteiger partial charge >= 0.3 is 0 Å². The minimum absolute atomic E-state index is 0.998. The summed E-state index contributed by atoms with van der Waals surface area (Å²) >= 11 is 0. The van der Waals surface area contributed by atoms with Gasteiger partial charge in [0.1, 0.15) is 0 Å². The number of aryl methyl sites for hydroxylation is 2. The van der Waals surface area contributed by atoms with E-state index >= 15 is 0 Å². The van der Waals surface area contributed by atoms with Crippen LogP contribution in [0.5, 0.6) is 0 Å². The third kappa shape index (κ3) is 3.53. The molecule has 0 spiro atoms. The number of para-hydroxylation sites is 1. The van der Waals surface area contributed by atoms with Crippen LogP contribution in [-0.2, 0) is 12.8 Å². The fourth-order valence-electron chi connectivity index (χ4n) is 1.92. The second-order valence-electron chi connectivity index (χ2n) is 3.94. The molecule has 2 nitrogen and oxygen atoms in total. The number of hydrogen-bond acceptors (Lipinski definition) is 2. The topological polar surface area (TPSA) is 24.1 Å². The Morgan fingerprint density at radius 3 is 2.06 bits per heavy atom. The van der Waals surface area contributed by atoms with Crippen molar-refractivity contribution < 1.29 is 0 Å². The van der Waals surface area contributed by atoms with E-state index in [1.807, 2.05) is 0 Å². The number of hydrogen-bond donors (Lipinski definition) is 2. The van der Waals surface area contributed by atoms with Crippen LogP contribution in [0.2, 0.25) is 0 Å². The summed E-state index contributed by atoms with van der Waals surface area (Å²) in [6.07, 6.45) is 2.19. The highest BCUT2D eigenvalue weighted by Crippen LogP contribution is 2.21. The van der Waals surface area contributed by atoms with E-state index in [9.17, 15) is 0 Å². The molecule has 0 amide bonds. The highest BCUT2D eigenvalue weighted by atomic mass is 14.9. The highest BCUT2D eigenvalue weighted by molar-refractivity contribution is 5.57. The fraction of sp³-hybridized carbons (Fsp3) is 0.571. The van der Waals surface area contributed by atoms with E-state index in [0.29, 0.717) is 0 Å². The van der Waals surface area contributed by atoms with Crippen LogP contribution < -0.4 is 10.6 Å². The lowest BCUT2D eigenvalue weighted by Crippen LogP contribution is -2.22. The van der Waals surface area contributed by atoms with Crippen LogP contribution in [0.3, 0.4) is 0 Å². The first-order valence-electron chi connectivity index (χ1n) is 6.38. The van der Waals surface area contributed by atoms with E-state index in [2.05, 4.69) is 49.6 Å². The summed E-state index contributed by atoms with van der Waals surface area (Å²) in [6, 6.07) is 6.59. The largest absolute Gasteiger partial charge is 0.383 e. The summed E-state index contributed by atoms with van der Waals surface area (Å²) in [5, 5.41) is 6.89. The molecule has 0 saturated heterocycles. The van der Waals surface area contributed by atoms with Gasteiger partial charge in [-0.1, -0.05) is 39.0 Å². The molecule has 0 aliphatic heterocycles. The Balaban J connectivity index is 2.67. The summed E-state index contributed by atoms with van der Waals surface area (Å²) in [5.41, 5.74) is 4.21. The molecular formula is C14H24N2. The van der Waals surface area contributed by atoms with Crippen LogP contribution >= 0.6 is 0 Å². The molecule has 0 saturated carbocycles. The highest BCUT2D eigenvalue weighted by Gasteiger charge is 2.04. The fourth-order valence-corrected chi connectivity index (χ4v) is 1.92. The molecule has 2 N–H and O–H groups in total. The van der Waals surface area contributed by atoms with Gasteiger partial charge in [0.15, 0.2) is 0 Å². The Bertz CT molecular complexity index is 285. The van der Waals surface area contributed by atoms with Gasteiger partial charge in [-0.15, -0.1) is 0 Å². The van der Waals surface area contributed by atoms with Crippen molar-refractivity contribution in [2.45, 2.75) is 33.6 Å². The molecule has 90 valence electrons. The first kappa shape index (κ1) is 13.0. The van der Waals surface area contributed by atoms with Crippen LogP contribution in [0, 0.1) is 0 Å². The van der Waals surface area contributed by atoms with Crippen molar-refractivity contribution in [2.24, 2.45) is 0 Å². The van der Waals surface area contributed by atoms with Crippen LogP contribution in [0.4, 0.5) is 5.69 Å². The third-order valence-electron chi connectivity index (χ3n) is 2.85. The SMILES string of the molecule is CCNCCNc1c(CC)cccc1CC. The van der Waals surface area contributed by atoms with Gasteiger partial charge < -0.3 is 10.6 Å². The molecule has 0 heterocycles. The summed E-state index contributed by atoms with van der Waals surface area (Å²) in [4.78, 5) is 0. The molecule has 0 bridgehead atoms. The summed E-state index contributed by atoms with van der Waals surface area (Å²) in [7, 11) is 0. The quantitative estimate of drug-likeness (QED) is 0.690. The Kier molecular flexibility index (Phi) is 5.94. The molecule has 1 aromatic carbocycles. The number of nitrogens with one attached hydrogen (secondary N) is 2. The maximum absolute atomic E-state index is 3.56.